The van der Waals surface area contributed by atoms with Gasteiger partial charge in [-0.15, -0.1) is 11.8 Å². The van der Waals surface area contributed by atoms with Crippen LogP contribution in [0.4, 0.5) is 0 Å². The molecular weight excluding hydrogens is 1240 g/mol. The van der Waals surface area contributed by atoms with E-state index in [0.717, 1.165) is 11.8 Å². The number of nitrogens with two attached hydrogens (primary N) is 4. The van der Waals surface area contributed by atoms with Gasteiger partial charge >= 0.3 is 0 Å². The van der Waals surface area contributed by atoms with Crippen LogP contribution in [-0.2, 0) is 80.3 Å². The average Bonchev–Trinajstić information content (AvgIpc) is 3.16. The SMILES string of the molecule is C[C@@H]1NC(=O)[C@@H]2CCCN2C(=O)[C@@H]2CCCN2C(=O)[C@@H]2CSCc3cc(cc(c3)SC[C@H](NC(=O)CN)C(=O)NCC(=O)NCC(=O)N[C@@H](CCCN=C(N)N)C(=O)N3CCC[C@H]3C(=O)N2)CSC[C@@H](C(=O)NCC(N)=O)NC(=O)[C@H](Cc2ccccc2)NC1=O. The predicted octanol–water partition coefficient (Wildman–Crippen LogP) is -4.74. The summed E-state index contributed by atoms with van der Waals surface area (Å²) < 4.78 is 0. The molecule has 33 heteroatoms. The van der Waals surface area contributed by atoms with Crippen molar-refractivity contribution in [3.8, 4) is 0 Å². The Morgan fingerprint density at radius 3 is 1.90 bits per heavy atom. The first-order chi connectivity index (χ1) is 43.6. The van der Waals surface area contributed by atoms with Crippen LogP contribution in [0.2, 0.25) is 0 Å². The lowest BCUT2D eigenvalue weighted by atomic mass is 10.0. The van der Waals surface area contributed by atoms with E-state index >= 15 is 4.79 Å². The number of benzene rings is 2. The van der Waals surface area contributed by atoms with Gasteiger partial charge in [-0.05, 0) is 87.1 Å². The lowest BCUT2D eigenvalue weighted by Gasteiger charge is -2.34. The number of aliphatic imine (C=N–C) groups is 1. The number of carbonyl (C=O) groups is 13. The summed E-state index contributed by atoms with van der Waals surface area (Å²) in [4.78, 5) is 190. The molecule has 3 saturated heterocycles. The highest BCUT2D eigenvalue weighted by atomic mass is 32.2. The zero-order valence-corrected chi connectivity index (χ0v) is 53.0. The maximum absolute atomic E-state index is 15.3. The maximum Gasteiger partial charge on any atom is 0.246 e. The van der Waals surface area contributed by atoms with Crippen LogP contribution in [-0.4, -0.2) is 221 Å². The quantitative estimate of drug-likeness (QED) is 0.0571. The van der Waals surface area contributed by atoms with Gasteiger partial charge in [0.2, 0.25) is 76.8 Å². The smallest absolute Gasteiger partial charge is 0.246 e. The number of thioether (sulfide) groups is 3. The minimum atomic E-state index is -1.32. The maximum atomic E-state index is 15.3. The highest BCUT2D eigenvalue weighted by Gasteiger charge is 2.45. The molecule has 0 radical (unpaired) electrons. The number of rotatable bonds is 11. The van der Waals surface area contributed by atoms with E-state index in [1.807, 2.05) is 12.1 Å². The largest absolute Gasteiger partial charge is 0.370 e. The molecule has 5 aliphatic rings. The van der Waals surface area contributed by atoms with E-state index in [1.165, 1.54) is 45.1 Å². The molecule has 91 heavy (non-hydrogen) atoms. The Hall–Kier alpha value is -8.17. The lowest BCUT2D eigenvalue weighted by molar-refractivity contribution is -0.148. The molecule has 5 aliphatic heterocycles. The molecule has 2 aromatic rings. The van der Waals surface area contributed by atoms with Crippen molar-refractivity contribution in [1.82, 2.24) is 62.6 Å². The third-order valence-electron chi connectivity index (χ3n) is 15.7. The van der Waals surface area contributed by atoms with E-state index in [0.29, 0.717) is 40.8 Å². The molecule has 5 heterocycles. The highest BCUT2D eigenvalue weighted by molar-refractivity contribution is 7.99. The molecule has 2 aromatic carbocycles. The minimum absolute atomic E-state index is 0.00560. The van der Waals surface area contributed by atoms with Crippen LogP contribution < -0.4 is 70.8 Å². The first kappa shape index (κ1) is 70.3. The molecular formula is C58H81N17O13S3. The summed E-state index contributed by atoms with van der Waals surface area (Å²) in [5.74, 6) is -9.30. The zero-order valence-electron chi connectivity index (χ0n) is 50.5. The Labute approximate surface area is 538 Å². The Balaban J connectivity index is 1.28. The monoisotopic (exact) mass is 1320 g/mol. The van der Waals surface area contributed by atoms with Gasteiger partial charge in [0.1, 0.15) is 54.4 Å². The Morgan fingerprint density at radius 1 is 0.637 bits per heavy atom. The molecule has 30 nitrogen and oxygen atoms in total. The van der Waals surface area contributed by atoms with Gasteiger partial charge in [0, 0.05) is 66.3 Å². The van der Waals surface area contributed by atoms with Gasteiger partial charge in [-0.2, -0.15) is 23.5 Å². The van der Waals surface area contributed by atoms with Crippen molar-refractivity contribution in [2.24, 2.45) is 27.9 Å². The zero-order chi connectivity index (χ0) is 65.7. The van der Waals surface area contributed by atoms with Crippen LogP contribution in [0.3, 0.4) is 0 Å². The van der Waals surface area contributed by atoms with Crippen molar-refractivity contribution >= 4 is 118 Å². The summed E-state index contributed by atoms with van der Waals surface area (Å²) in [6.45, 7) is -0.400. The fourth-order valence-electron chi connectivity index (χ4n) is 11.1. The van der Waals surface area contributed by atoms with Crippen molar-refractivity contribution in [1.29, 1.82) is 0 Å². The van der Waals surface area contributed by atoms with E-state index < -0.39 is 157 Å². The number of guanidine groups is 1. The molecule has 0 aliphatic carbocycles. The van der Waals surface area contributed by atoms with Crippen LogP contribution >= 0.6 is 35.3 Å². The summed E-state index contributed by atoms with van der Waals surface area (Å²) in [5, 5.41) is 23.7. The van der Waals surface area contributed by atoms with E-state index in [1.54, 1.807) is 36.4 Å². The van der Waals surface area contributed by atoms with E-state index in [2.05, 4.69) is 52.8 Å². The van der Waals surface area contributed by atoms with Crippen molar-refractivity contribution in [3.05, 3.63) is 65.2 Å². The van der Waals surface area contributed by atoms with Crippen LogP contribution in [0.1, 0.15) is 75.0 Å². The summed E-state index contributed by atoms with van der Waals surface area (Å²) in [5.41, 5.74) is 24.1. The Bertz CT molecular complexity index is 3070. The van der Waals surface area contributed by atoms with Crippen LogP contribution in [0.15, 0.2) is 58.4 Å². The topological polar surface area (TPSA) is 456 Å². The van der Waals surface area contributed by atoms with Gasteiger partial charge in [0.25, 0.3) is 0 Å². The third kappa shape index (κ3) is 20.7. The molecule has 9 atom stereocenters. The standard InChI is InChI=1S/C58H81N17O13S3/c1-32-49(80)70-38(22-33-9-3-2-4-10-33)52(83)71-39(50(81)65-24-45(60)76)29-89-27-34-19-35-21-36(20-34)91-31-40(69-46(77)23-59)51(82)66-25-47(78)64-26-48(79)68-37(11-5-15-63-58(61)62)55(86)73-16-6-13-43(73)54(85)72-41(30-90-28-35)56(87)75-18-8-14-44(75)57(88)74-17-7-12-42(74)53(84)67-32/h2-4,9-10,19-21,32,37-44H,5-8,11-18,22-31,59H2,1H3,(H2,60,76)(H,64,78)(H,65,81)(H,66,82)(H,67,84)(H,68,79)(H,69,77)(H,70,80)(H,71,83)(H,72,85)(H4,61,62,63)/t32-,37-,38-,39-,40-,41-,42-,43-,44-/m0/s1. The van der Waals surface area contributed by atoms with Crippen LogP contribution in [0, 0.1) is 0 Å². The lowest BCUT2D eigenvalue weighted by Crippen LogP contribution is -2.60. The Morgan fingerprint density at radius 2 is 1.25 bits per heavy atom. The van der Waals surface area contributed by atoms with Gasteiger partial charge in [-0.3, -0.25) is 67.3 Å². The second kappa shape index (κ2) is 34.3. The number of nitrogens with one attached hydrogen (secondary N) is 9. The number of nitrogens with zero attached hydrogens (tertiary/aromatic N) is 4. The van der Waals surface area contributed by atoms with Gasteiger partial charge in [-0.25, -0.2) is 0 Å². The molecule has 3 fully saturated rings. The number of amides is 13. The molecule has 7 rings (SSSR count). The number of fused-ring (bicyclic) bond motifs is 8. The van der Waals surface area contributed by atoms with Crippen molar-refractivity contribution in [2.75, 3.05) is 69.6 Å². The van der Waals surface area contributed by atoms with E-state index in [-0.39, 0.29) is 99.4 Å². The van der Waals surface area contributed by atoms with Gasteiger partial charge in [-0.1, -0.05) is 36.4 Å². The summed E-state index contributed by atoms with van der Waals surface area (Å²) in [6.07, 6.45) is 2.02. The summed E-state index contributed by atoms with van der Waals surface area (Å²) >= 11 is 3.64. The van der Waals surface area contributed by atoms with Gasteiger partial charge < -0.3 is 85.5 Å². The average molecular weight is 1320 g/mol. The Kier molecular flexibility index (Phi) is 26.5. The molecule has 0 saturated carbocycles. The number of hydrogen-bond donors (Lipinski definition) is 13. The fourth-order valence-corrected chi connectivity index (χ4v) is 14.2. The first-order valence-electron chi connectivity index (χ1n) is 30.1. The van der Waals surface area contributed by atoms with Gasteiger partial charge in [0.15, 0.2) is 5.96 Å². The second-order valence-electron chi connectivity index (χ2n) is 22.6. The molecule has 0 unspecified atom stereocenters. The van der Waals surface area contributed by atoms with Crippen LogP contribution in [0.25, 0.3) is 0 Å². The summed E-state index contributed by atoms with van der Waals surface area (Å²) in [6, 6.07) is 3.36. The molecule has 0 aromatic heterocycles. The van der Waals surface area contributed by atoms with Crippen molar-refractivity contribution in [2.45, 2.75) is 135 Å². The van der Waals surface area contributed by atoms with Crippen LogP contribution in [0.5, 0.6) is 0 Å². The number of carbonyl (C=O) groups excluding carboxylic acids is 13. The van der Waals surface area contributed by atoms with Crippen molar-refractivity contribution < 1.29 is 62.3 Å². The molecule has 494 valence electrons. The van der Waals surface area contributed by atoms with Gasteiger partial charge in [0.05, 0.1) is 26.2 Å². The van der Waals surface area contributed by atoms with Crippen molar-refractivity contribution in [3.63, 3.8) is 0 Å². The number of primary amides is 1. The molecule has 17 N–H and O–H groups in total. The molecule has 0 spiro atoms. The normalized spacial score (nSPS) is 25.8. The first-order valence-corrected chi connectivity index (χ1v) is 33.4. The molecule has 13 amide bonds. The van der Waals surface area contributed by atoms with E-state index in [9.17, 15) is 57.5 Å². The molecule has 4 bridgehead atoms. The third-order valence-corrected chi connectivity index (χ3v) is 19.0. The fraction of sp³-hybridized carbons (Fsp3) is 0.552. The predicted molar refractivity (Wildman–Crippen MR) is 338 cm³/mol. The highest BCUT2D eigenvalue weighted by Crippen LogP contribution is 2.30. The number of hydrogen-bond acceptors (Lipinski definition) is 18. The summed E-state index contributed by atoms with van der Waals surface area (Å²) in [7, 11) is 0. The second-order valence-corrected chi connectivity index (χ2v) is 25.7. The van der Waals surface area contributed by atoms with E-state index in [4.69, 9.17) is 22.9 Å². The minimum Gasteiger partial charge on any atom is -0.370 e.